The van der Waals surface area contributed by atoms with Gasteiger partial charge in [-0.25, -0.2) is 18.5 Å². The van der Waals surface area contributed by atoms with Gasteiger partial charge in [0.25, 0.3) is 5.91 Å². The van der Waals surface area contributed by atoms with E-state index in [4.69, 9.17) is 5.14 Å². The van der Waals surface area contributed by atoms with Crippen molar-refractivity contribution in [2.24, 2.45) is 5.14 Å². The maximum Gasteiger partial charge on any atom is 0.270 e. The fraction of sp³-hybridized carbons (Fsp3) is 0.200. The molecule has 1 aromatic heterocycles. The van der Waals surface area contributed by atoms with Crippen molar-refractivity contribution < 1.29 is 13.2 Å². The van der Waals surface area contributed by atoms with Crippen LogP contribution in [0.2, 0.25) is 0 Å². The van der Waals surface area contributed by atoms with Crippen LogP contribution in [0.3, 0.4) is 0 Å². The molecule has 1 atom stereocenters. The van der Waals surface area contributed by atoms with Gasteiger partial charge in [0.1, 0.15) is 10.6 Å². The van der Waals surface area contributed by atoms with Crippen molar-refractivity contribution in [3.8, 4) is 0 Å². The summed E-state index contributed by atoms with van der Waals surface area (Å²) in [5.41, 5.74) is 2.53. The number of carbonyl (C=O) groups is 1. The Morgan fingerprint density at radius 3 is 2.68 bits per heavy atom. The Hall–Kier alpha value is -2.25. The van der Waals surface area contributed by atoms with Crippen LogP contribution in [0.25, 0.3) is 0 Å². The third-order valence-corrected chi connectivity index (χ3v) is 4.63. The standard InChI is InChI=1S/C15H15N3O3S/c16-22(20,21)11-6-8-14(17-9-11)15(19)18-13-7-5-10-3-1-2-4-12(10)13/h1-4,6,8-9,13H,5,7H2,(H,18,19)(H2,16,20,21). The number of nitrogens with one attached hydrogen (secondary N) is 1. The minimum atomic E-state index is -3.80. The zero-order valence-corrected chi connectivity index (χ0v) is 12.5. The van der Waals surface area contributed by atoms with Gasteiger partial charge < -0.3 is 5.32 Å². The first-order chi connectivity index (χ1) is 10.4. The molecule has 114 valence electrons. The lowest BCUT2D eigenvalue weighted by atomic mass is 10.1. The molecule has 6 nitrogen and oxygen atoms in total. The van der Waals surface area contributed by atoms with E-state index in [9.17, 15) is 13.2 Å². The average molecular weight is 317 g/mol. The van der Waals surface area contributed by atoms with E-state index in [1.165, 1.54) is 17.7 Å². The van der Waals surface area contributed by atoms with Gasteiger partial charge in [-0.1, -0.05) is 24.3 Å². The quantitative estimate of drug-likeness (QED) is 0.886. The van der Waals surface area contributed by atoms with E-state index in [0.29, 0.717) is 0 Å². The summed E-state index contributed by atoms with van der Waals surface area (Å²) < 4.78 is 22.3. The molecule has 0 saturated carbocycles. The Bertz CT molecular complexity index is 816. The normalized spacial score (nSPS) is 17.0. The highest BCUT2D eigenvalue weighted by Gasteiger charge is 2.24. The van der Waals surface area contributed by atoms with E-state index in [1.54, 1.807) is 0 Å². The van der Waals surface area contributed by atoms with Gasteiger partial charge in [-0.15, -0.1) is 0 Å². The molecule has 0 saturated heterocycles. The van der Waals surface area contributed by atoms with Crippen molar-refractivity contribution in [3.05, 3.63) is 59.4 Å². The molecule has 0 radical (unpaired) electrons. The summed E-state index contributed by atoms with van der Waals surface area (Å²) in [5.74, 6) is -0.331. The second-order valence-electron chi connectivity index (χ2n) is 5.19. The molecule has 1 aliphatic carbocycles. The number of rotatable bonds is 3. The Balaban J connectivity index is 1.76. The van der Waals surface area contributed by atoms with Crippen molar-refractivity contribution in [2.45, 2.75) is 23.8 Å². The van der Waals surface area contributed by atoms with Gasteiger partial charge in [0.2, 0.25) is 10.0 Å². The second-order valence-corrected chi connectivity index (χ2v) is 6.75. The van der Waals surface area contributed by atoms with Gasteiger partial charge >= 0.3 is 0 Å². The van der Waals surface area contributed by atoms with E-state index >= 15 is 0 Å². The van der Waals surface area contributed by atoms with Crippen LogP contribution < -0.4 is 10.5 Å². The van der Waals surface area contributed by atoms with E-state index in [2.05, 4.69) is 16.4 Å². The van der Waals surface area contributed by atoms with E-state index in [-0.39, 0.29) is 22.5 Å². The van der Waals surface area contributed by atoms with Gasteiger partial charge in [-0.3, -0.25) is 4.79 Å². The molecule has 1 aliphatic rings. The Kier molecular flexibility index (Phi) is 3.67. The number of aryl methyl sites for hydroxylation is 1. The molecule has 0 bridgehead atoms. The summed E-state index contributed by atoms with van der Waals surface area (Å²) >= 11 is 0. The summed E-state index contributed by atoms with van der Waals surface area (Å²) in [5, 5.41) is 7.93. The van der Waals surface area contributed by atoms with Crippen LogP contribution in [0.15, 0.2) is 47.5 Å². The molecule has 1 heterocycles. The fourth-order valence-electron chi connectivity index (χ4n) is 2.62. The molecular weight excluding hydrogens is 302 g/mol. The minimum absolute atomic E-state index is 0.0385. The van der Waals surface area contributed by atoms with E-state index < -0.39 is 10.0 Å². The molecule has 22 heavy (non-hydrogen) atoms. The fourth-order valence-corrected chi connectivity index (χ4v) is 3.08. The van der Waals surface area contributed by atoms with Crippen molar-refractivity contribution in [2.75, 3.05) is 0 Å². The predicted octanol–water partition coefficient (Wildman–Crippen LogP) is 1.15. The van der Waals surface area contributed by atoms with Crippen LogP contribution in [0.5, 0.6) is 0 Å². The van der Waals surface area contributed by atoms with Crippen LogP contribution in [0.4, 0.5) is 0 Å². The van der Waals surface area contributed by atoms with Gasteiger partial charge in [0, 0.05) is 6.20 Å². The SMILES string of the molecule is NS(=O)(=O)c1ccc(C(=O)NC2CCc3ccccc32)nc1. The van der Waals surface area contributed by atoms with Crippen LogP contribution >= 0.6 is 0 Å². The monoisotopic (exact) mass is 317 g/mol. The van der Waals surface area contributed by atoms with Crippen LogP contribution in [-0.4, -0.2) is 19.3 Å². The largest absolute Gasteiger partial charge is 0.344 e. The van der Waals surface area contributed by atoms with E-state index in [1.807, 2.05) is 18.2 Å². The van der Waals surface area contributed by atoms with Crippen LogP contribution in [0.1, 0.15) is 34.1 Å². The molecular formula is C15H15N3O3S. The first kappa shape index (κ1) is 14.7. The maximum absolute atomic E-state index is 12.2. The number of aromatic nitrogens is 1. The summed E-state index contributed by atoms with van der Waals surface area (Å²) in [6.45, 7) is 0. The van der Waals surface area contributed by atoms with Crippen molar-refractivity contribution in [3.63, 3.8) is 0 Å². The summed E-state index contributed by atoms with van der Waals surface area (Å²) in [7, 11) is -3.80. The third-order valence-electron chi connectivity index (χ3n) is 3.74. The minimum Gasteiger partial charge on any atom is -0.344 e. The molecule has 3 rings (SSSR count). The van der Waals surface area contributed by atoms with Gasteiger partial charge in [-0.05, 0) is 36.1 Å². The number of hydrogen-bond donors (Lipinski definition) is 2. The highest BCUT2D eigenvalue weighted by atomic mass is 32.2. The topological polar surface area (TPSA) is 102 Å². The molecule has 1 aromatic carbocycles. The number of nitrogens with zero attached hydrogens (tertiary/aromatic N) is 1. The van der Waals surface area contributed by atoms with Crippen LogP contribution in [-0.2, 0) is 16.4 Å². The van der Waals surface area contributed by atoms with E-state index in [0.717, 1.165) is 24.6 Å². The molecule has 2 aromatic rings. The number of pyridine rings is 1. The highest BCUT2D eigenvalue weighted by molar-refractivity contribution is 7.89. The zero-order chi connectivity index (χ0) is 15.7. The molecule has 3 N–H and O–H groups in total. The summed E-state index contributed by atoms with van der Waals surface area (Å²) in [4.78, 5) is 16.0. The molecule has 7 heteroatoms. The van der Waals surface area contributed by atoms with Crippen molar-refractivity contribution >= 4 is 15.9 Å². The number of primary sulfonamides is 1. The van der Waals surface area contributed by atoms with Gasteiger partial charge in [0.05, 0.1) is 6.04 Å². The van der Waals surface area contributed by atoms with Crippen molar-refractivity contribution in [1.82, 2.24) is 10.3 Å². The molecule has 0 fully saturated rings. The Morgan fingerprint density at radius 2 is 2.00 bits per heavy atom. The molecule has 1 amide bonds. The number of hydrogen-bond acceptors (Lipinski definition) is 4. The number of sulfonamides is 1. The number of carbonyl (C=O) groups excluding carboxylic acids is 1. The smallest absolute Gasteiger partial charge is 0.270 e. The Labute approximate surface area is 128 Å². The number of nitrogens with two attached hydrogens (primary N) is 1. The number of benzene rings is 1. The lowest BCUT2D eigenvalue weighted by Gasteiger charge is -2.13. The molecule has 0 spiro atoms. The number of fused-ring (bicyclic) bond motifs is 1. The first-order valence-corrected chi connectivity index (χ1v) is 8.37. The highest BCUT2D eigenvalue weighted by Crippen LogP contribution is 2.30. The lowest BCUT2D eigenvalue weighted by Crippen LogP contribution is -2.28. The second kappa shape index (κ2) is 5.51. The average Bonchev–Trinajstić information content (AvgIpc) is 2.90. The predicted molar refractivity (Wildman–Crippen MR) is 80.6 cm³/mol. The third kappa shape index (κ3) is 2.86. The lowest BCUT2D eigenvalue weighted by molar-refractivity contribution is 0.0931. The van der Waals surface area contributed by atoms with Gasteiger partial charge in [-0.2, -0.15) is 0 Å². The molecule has 0 aliphatic heterocycles. The van der Waals surface area contributed by atoms with Crippen molar-refractivity contribution in [1.29, 1.82) is 0 Å². The van der Waals surface area contributed by atoms with Gasteiger partial charge in [0.15, 0.2) is 0 Å². The first-order valence-electron chi connectivity index (χ1n) is 6.82. The molecule has 1 unspecified atom stereocenters. The zero-order valence-electron chi connectivity index (χ0n) is 11.7. The number of amides is 1. The maximum atomic E-state index is 12.2. The Morgan fingerprint density at radius 1 is 1.23 bits per heavy atom. The summed E-state index contributed by atoms with van der Waals surface area (Å²) in [6, 6.07) is 10.6. The van der Waals surface area contributed by atoms with Crippen LogP contribution in [0, 0.1) is 0 Å². The summed E-state index contributed by atoms with van der Waals surface area (Å²) in [6.07, 6.45) is 2.87.